The van der Waals surface area contributed by atoms with Gasteiger partial charge in [-0.1, -0.05) is 64.7 Å². The van der Waals surface area contributed by atoms with E-state index in [9.17, 15) is 4.79 Å². The molecule has 94 valence electrons. The van der Waals surface area contributed by atoms with Gasteiger partial charge in [-0.25, -0.2) is 0 Å². The standard InChI is InChI=1S/C13H26O2.Sr.2H/c1-2-3-4-5-6-7-8-9-10-11-12-13(14)15;;;/h2-12H2,1H3,(H,14,15);;;. The molecule has 0 heterocycles. The van der Waals surface area contributed by atoms with Crippen LogP contribution in [0.4, 0.5) is 0 Å². The third-order valence-electron chi connectivity index (χ3n) is 2.74. The molecule has 0 atom stereocenters. The Hall–Kier alpha value is 0.951. The molecule has 0 unspecified atom stereocenters. The maximum absolute atomic E-state index is 10.2. The van der Waals surface area contributed by atoms with Crippen molar-refractivity contribution in [3.63, 3.8) is 0 Å². The average molecular weight is 304 g/mol. The number of hydrogen-bond donors (Lipinski definition) is 1. The Kier molecular flexibility index (Phi) is 19.2. The van der Waals surface area contributed by atoms with Crippen molar-refractivity contribution in [3.8, 4) is 0 Å². The molecule has 0 amide bonds. The van der Waals surface area contributed by atoms with E-state index >= 15 is 0 Å². The van der Waals surface area contributed by atoms with E-state index in [1.807, 2.05) is 0 Å². The van der Waals surface area contributed by atoms with Gasteiger partial charge in [0.05, 0.1) is 0 Å². The minimum absolute atomic E-state index is 0. The Morgan fingerprint density at radius 1 is 0.812 bits per heavy atom. The molecule has 0 aromatic rings. The van der Waals surface area contributed by atoms with Crippen molar-refractivity contribution >= 4 is 51.5 Å². The number of carbonyl (C=O) groups is 1. The Labute approximate surface area is 137 Å². The zero-order chi connectivity index (χ0) is 11.4. The number of carboxylic acids is 1. The van der Waals surface area contributed by atoms with E-state index in [0.29, 0.717) is 6.42 Å². The number of unbranched alkanes of at least 4 members (excludes halogenated alkanes) is 9. The fourth-order valence-corrected chi connectivity index (χ4v) is 1.76. The van der Waals surface area contributed by atoms with Gasteiger partial charge in [0, 0.05) is 6.42 Å². The molecule has 1 N–H and O–H groups in total. The molecule has 0 saturated heterocycles. The number of aliphatic carboxylic acids is 1. The predicted molar refractivity (Wildman–Crippen MR) is 72.6 cm³/mol. The zero-order valence-corrected chi connectivity index (χ0v) is 10.1. The second-order valence-corrected chi connectivity index (χ2v) is 4.33. The quantitative estimate of drug-likeness (QED) is 0.469. The molecule has 0 aliphatic rings. The van der Waals surface area contributed by atoms with E-state index in [2.05, 4.69) is 6.92 Å². The summed E-state index contributed by atoms with van der Waals surface area (Å²) < 4.78 is 0. The van der Waals surface area contributed by atoms with E-state index in [4.69, 9.17) is 5.11 Å². The van der Waals surface area contributed by atoms with Crippen molar-refractivity contribution in [2.24, 2.45) is 0 Å². The Morgan fingerprint density at radius 2 is 1.19 bits per heavy atom. The van der Waals surface area contributed by atoms with E-state index < -0.39 is 5.97 Å². The summed E-state index contributed by atoms with van der Waals surface area (Å²) in [6, 6.07) is 0. The minimum atomic E-state index is -0.658. The zero-order valence-electron chi connectivity index (χ0n) is 10.1. The van der Waals surface area contributed by atoms with Crippen LogP contribution < -0.4 is 0 Å². The normalized spacial score (nSPS) is 9.81. The van der Waals surface area contributed by atoms with Crippen LogP contribution in [0.5, 0.6) is 0 Å². The van der Waals surface area contributed by atoms with E-state index in [1.165, 1.54) is 51.4 Å². The first-order valence-corrected chi connectivity index (χ1v) is 6.49. The molecule has 0 aliphatic heterocycles. The molecule has 0 spiro atoms. The van der Waals surface area contributed by atoms with Crippen LogP contribution in [-0.2, 0) is 4.79 Å². The summed E-state index contributed by atoms with van der Waals surface area (Å²) in [4.78, 5) is 10.2. The number of rotatable bonds is 11. The van der Waals surface area contributed by atoms with Gasteiger partial charge in [0.2, 0.25) is 0 Å². The summed E-state index contributed by atoms with van der Waals surface area (Å²) in [5, 5.41) is 8.44. The van der Waals surface area contributed by atoms with Gasteiger partial charge in [-0.05, 0) is 6.42 Å². The van der Waals surface area contributed by atoms with E-state index in [-0.39, 0.29) is 45.5 Å². The van der Waals surface area contributed by atoms with Gasteiger partial charge in [-0.15, -0.1) is 0 Å². The second kappa shape index (κ2) is 16.0. The number of hydrogen-bond acceptors (Lipinski definition) is 1. The fraction of sp³-hybridized carbons (Fsp3) is 0.923. The first-order valence-electron chi connectivity index (χ1n) is 6.49. The molecule has 0 radical (unpaired) electrons. The Morgan fingerprint density at radius 3 is 1.56 bits per heavy atom. The molecule has 0 rings (SSSR count). The molecular weight excluding hydrogens is 276 g/mol. The molecule has 0 aromatic carbocycles. The monoisotopic (exact) mass is 304 g/mol. The second-order valence-electron chi connectivity index (χ2n) is 4.33. The van der Waals surface area contributed by atoms with Gasteiger partial charge < -0.3 is 5.11 Å². The van der Waals surface area contributed by atoms with Crippen molar-refractivity contribution in [2.45, 2.75) is 77.6 Å². The summed E-state index contributed by atoms with van der Waals surface area (Å²) in [7, 11) is 0. The molecule has 0 aromatic heterocycles. The van der Waals surface area contributed by atoms with Gasteiger partial charge in [0.1, 0.15) is 0 Å². The van der Waals surface area contributed by atoms with Gasteiger partial charge in [0.25, 0.3) is 0 Å². The molecule has 0 saturated carbocycles. The number of carboxylic acid groups (broad SMARTS) is 1. The van der Waals surface area contributed by atoms with E-state index in [0.717, 1.165) is 12.8 Å². The van der Waals surface area contributed by atoms with Gasteiger partial charge in [-0.2, -0.15) is 0 Å². The van der Waals surface area contributed by atoms with Crippen LogP contribution in [0.1, 0.15) is 77.6 Å². The van der Waals surface area contributed by atoms with Crippen LogP contribution in [0.2, 0.25) is 0 Å². The topological polar surface area (TPSA) is 37.3 Å². The summed E-state index contributed by atoms with van der Waals surface area (Å²) in [6.45, 7) is 2.24. The van der Waals surface area contributed by atoms with Crippen molar-refractivity contribution in [3.05, 3.63) is 0 Å². The average Bonchev–Trinajstić information content (AvgIpc) is 2.20. The SMILES string of the molecule is CCCCCCCCCCCCC(=O)O.[SrH2]. The summed E-state index contributed by atoms with van der Waals surface area (Å²) in [6.07, 6.45) is 12.9. The molecule has 0 fully saturated rings. The van der Waals surface area contributed by atoms with Crippen molar-refractivity contribution in [2.75, 3.05) is 0 Å². The molecule has 2 nitrogen and oxygen atoms in total. The van der Waals surface area contributed by atoms with Crippen LogP contribution in [0.15, 0.2) is 0 Å². The summed E-state index contributed by atoms with van der Waals surface area (Å²) in [5.74, 6) is -0.658. The molecule has 3 heteroatoms. The molecule has 16 heavy (non-hydrogen) atoms. The summed E-state index contributed by atoms with van der Waals surface area (Å²) in [5.41, 5.74) is 0. The van der Waals surface area contributed by atoms with Crippen molar-refractivity contribution in [1.82, 2.24) is 0 Å². The van der Waals surface area contributed by atoms with Gasteiger partial charge in [-0.3, -0.25) is 4.79 Å². The Balaban J connectivity index is 0. The van der Waals surface area contributed by atoms with Gasteiger partial charge >= 0.3 is 51.5 Å². The van der Waals surface area contributed by atoms with Crippen molar-refractivity contribution < 1.29 is 9.90 Å². The fourth-order valence-electron chi connectivity index (χ4n) is 1.76. The molecule has 0 aliphatic carbocycles. The van der Waals surface area contributed by atoms with Gasteiger partial charge in [0.15, 0.2) is 0 Å². The van der Waals surface area contributed by atoms with Crippen molar-refractivity contribution in [1.29, 1.82) is 0 Å². The predicted octanol–water partition coefficient (Wildman–Crippen LogP) is 3.47. The maximum atomic E-state index is 10.2. The van der Waals surface area contributed by atoms with E-state index in [1.54, 1.807) is 0 Å². The van der Waals surface area contributed by atoms with Crippen LogP contribution in [0.3, 0.4) is 0 Å². The molecule has 0 bridgehead atoms. The first kappa shape index (κ1) is 19.3. The third kappa shape index (κ3) is 17.3. The third-order valence-corrected chi connectivity index (χ3v) is 2.74. The van der Waals surface area contributed by atoms with Crippen LogP contribution >= 0.6 is 0 Å². The van der Waals surface area contributed by atoms with Crippen LogP contribution in [0.25, 0.3) is 0 Å². The summed E-state index contributed by atoms with van der Waals surface area (Å²) >= 11 is 0. The first-order chi connectivity index (χ1) is 7.27. The Bertz CT molecular complexity index is 149. The van der Waals surface area contributed by atoms with Crippen LogP contribution in [-0.4, -0.2) is 56.6 Å². The molecular formula is C13H28O2Sr. The van der Waals surface area contributed by atoms with Crippen LogP contribution in [0, 0.1) is 0 Å².